The molecule has 0 bridgehead atoms. The second-order valence-electron chi connectivity index (χ2n) is 5.77. The molecule has 0 amide bonds. The molecule has 2 aromatic carbocycles. The molecule has 1 aliphatic heterocycles. The monoisotopic (exact) mass is 403 g/mol. The van der Waals surface area contributed by atoms with Gasteiger partial charge in [0, 0.05) is 10.7 Å². The molecule has 0 N–H and O–H groups in total. The van der Waals surface area contributed by atoms with E-state index < -0.39 is 11.9 Å². The van der Waals surface area contributed by atoms with Gasteiger partial charge in [0.05, 0.1) is 26.4 Å². The maximum absolute atomic E-state index is 12.3. The molecule has 0 saturated heterocycles. The fraction of sp³-hybridized carbons (Fsp3) is 0.200. The maximum atomic E-state index is 12.3. The highest BCUT2D eigenvalue weighted by Gasteiger charge is 2.32. The third kappa shape index (κ3) is 4.27. The Labute approximate surface area is 167 Å². The van der Waals surface area contributed by atoms with E-state index in [1.165, 1.54) is 14.2 Å². The fourth-order valence-corrected chi connectivity index (χ4v) is 2.81. The molecule has 0 radical (unpaired) electrons. The van der Waals surface area contributed by atoms with Gasteiger partial charge < -0.3 is 23.8 Å². The van der Waals surface area contributed by atoms with Gasteiger partial charge in [0.25, 0.3) is 0 Å². The SMILES string of the molecule is COC(=O)C1=C(C(=O)OC)N(c2ccc(Oc3ccc(Cl)cc3)cc2)COC1. The number of hydrogen-bond acceptors (Lipinski definition) is 7. The van der Waals surface area contributed by atoms with Crippen LogP contribution in [0.5, 0.6) is 11.5 Å². The zero-order valence-electron chi connectivity index (χ0n) is 15.3. The van der Waals surface area contributed by atoms with Crippen LogP contribution in [-0.2, 0) is 23.8 Å². The number of anilines is 1. The average molecular weight is 404 g/mol. The van der Waals surface area contributed by atoms with Crippen LogP contribution in [0, 0.1) is 0 Å². The van der Waals surface area contributed by atoms with Crippen molar-refractivity contribution >= 4 is 29.2 Å². The van der Waals surface area contributed by atoms with Gasteiger partial charge in [0.2, 0.25) is 0 Å². The number of nitrogens with zero attached hydrogens (tertiary/aromatic N) is 1. The van der Waals surface area contributed by atoms with E-state index in [4.69, 9.17) is 30.5 Å². The number of benzene rings is 2. The highest BCUT2D eigenvalue weighted by atomic mass is 35.5. The van der Waals surface area contributed by atoms with E-state index in [0.717, 1.165) is 0 Å². The van der Waals surface area contributed by atoms with E-state index in [1.54, 1.807) is 53.4 Å². The minimum Gasteiger partial charge on any atom is -0.466 e. The summed E-state index contributed by atoms with van der Waals surface area (Å²) in [5, 5.41) is 0.622. The maximum Gasteiger partial charge on any atom is 0.355 e. The number of carbonyl (C=O) groups excluding carboxylic acids is 2. The summed E-state index contributed by atoms with van der Waals surface area (Å²) in [6.45, 7) is 0.0493. The number of carbonyl (C=O) groups is 2. The third-order valence-corrected chi connectivity index (χ3v) is 4.28. The predicted octanol–water partition coefficient (Wildman–Crippen LogP) is 3.53. The van der Waals surface area contributed by atoms with Crippen molar-refractivity contribution in [2.45, 2.75) is 0 Å². The van der Waals surface area contributed by atoms with E-state index >= 15 is 0 Å². The summed E-state index contributed by atoms with van der Waals surface area (Å²) in [6.07, 6.45) is 0. The Bertz CT molecular complexity index is 892. The number of esters is 2. The van der Waals surface area contributed by atoms with Crippen molar-refractivity contribution in [1.82, 2.24) is 0 Å². The quantitative estimate of drug-likeness (QED) is 0.707. The van der Waals surface area contributed by atoms with Crippen molar-refractivity contribution < 1.29 is 28.5 Å². The van der Waals surface area contributed by atoms with Crippen LogP contribution in [0.15, 0.2) is 59.8 Å². The minimum atomic E-state index is -0.648. The van der Waals surface area contributed by atoms with Crippen molar-refractivity contribution in [2.24, 2.45) is 0 Å². The van der Waals surface area contributed by atoms with Gasteiger partial charge in [-0.3, -0.25) is 0 Å². The van der Waals surface area contributed by atoms with Gasteiger partial charge in [0.1, 0.15) is 23.9 Å². The summed E-state index contributed by atoms with van der Waals surface area (Å²) in [5.41, 5.74) is 0.819. The van der Waals surface area contributed by atoms with Crippen molar-refractivity contribution in [3.8, 4) is 11.5 Å². The summed E-state index contributed by atoms with van der Waals surface area (Å²) < 4.78 is 20.8. The van der Waals surface area contributed by atoms with Crippen LogP contribution in [0.4, 0.5) is 5.69 Å². The molecule has 0 unspecified atom stereocenters. The van der Waals surface area contributed by atoms with E-state index in [1.807, 2.05) is 0 Å². The van der Waals surface area contributed by atoms with Gasteiger partial charge in [-0.25, -0.2) is 9.59 Å². The molecule has 0 aliphatic carbocycles. The largest absolute Gasteiger partial charge is 0.466 e. The molecule has 0 saturated carbocycles. The van der Waals surface area contributed by atoms with Gasteiger partial charge >= 0.3 is 11.9 Å². The highest BCUT2D eigenvalue weighted by molar-refractivity contribution is 6.30. The lowest BCUT2D eigenvalue weighted by atomic mass is 10.1. The van der Waals surface area contributed by atoms with Gasteiger partial charge in [0.15, 0.2) is 0 Å². The molecule has 0 spiro atoms. The topological polar surface area (TPSA) is 74.3 Å². The van der Waals surface area contributed by atoms with Crippen molar-refractivity contribution in [1.29, 1.82) is 0 Å². The van der Waals surface area contributed by atoms with Crippen molar-refractivity contribution in [2.75, 3.05) is 32.5 Å². The molecule has 0 atom stereocenters. The molecule has 28 heavy (non-hydrogen) atoms. The zero-order valence-corrected chi connectivity index (χ0v) is 16.1. The molecule has 1 heterocycles. The first-order chi connectivity index (χ1) is 13.5. The van der Waals surface area contributed by atoms with Crippen LogP contribution < -0.4 is 9.64 Å². The van der Waals surface area contributed by atoms with Gasteiger partial charge in [-0.1, -0.05) is 11.6 Å². The molecule has 0 aromatic heterocycles. The molecular weight excluding hydrogens is 386 g/mol. The van der Waals surface area contributed by atoms with Crippen LogP contribution in [0.2, 0.25) is 5.02 Å². The number of methoxy groups -OCH3 is 2. The van der Waals surface area contributed by atoms with Crippen LogP contribution in [-0.4, -0.2) is 39.5 Å². The lowest BCUT2D eigenvalue weighted by Gasteiger charge is -2.31. The molecular formula is C20H18ClNO6. The molecule has 3 rings (SSSR count). The zero-order chi connectivity index (χ0) is 20.1. The molecule has 7 nitrogen and oxygen atoms in total. The summed E-state index contributed by atoms with van der Waals surface area (Å²) in [6, 6.07) is 14.0. The minimum absolute atomic E-state index is 0.0363. The van der Waals surface area contributed by atoms with E-state index in [2.05, 4.69) is 0 Å². The molecule has 1 aliphatic rings. The second-order valence-corrected chi connectivity index (χ2v) is 6.20. The van der Waals surface area contributed by atoms with Gasteiger partial charge in [-0.2, -0.15) is 0 Å². The van der Waals surface area contributed by atoms with Crippen LogP contribution in [0.1, 0.15) is 0 Å². The molecule has 2 aromatic rings. The fourth-order valence-electron chi connectivity index (χ4n) is 2.68. The Hall–Kier alpha value is -3.03. The Morgan fingerprint density at radius 3 is 2.07 bits per heavy atom. The lowest BCUT2D eigenvalue weighted by Crippen LogP contribution is -2.38. The van der Waals surface area contributed by atoms with E-state index in [0.29, 0.717) is 22.2 Å². The van der Waals surface area contributed by atoms with Crippen LogP contribution >= 0.6 is 11.6 Å². The average Bonchev–Trinajstić information content (AvgIpc) is 2.74. The number of hydrogen-bond donors (Lipinski definition) is 0. The number of ether oxygens (including phenoxy) is 4. The first kappa shape index (κ1) is 19.7. The Kier molecular flexibility index (Phi) is 6.18. The first-order valence-electron chi connectivity index (χ1n) is 8.32. The predicted molar refractivity (Wildman–Crippen MR) is 102 cm³/mol. The molecule has 146 valence electrons. The molecule has 0 fully saturated rings. The van der Waals surface area contributed by atoms with Crippen molar-refractivity contribution in [3.05, 3.63) is 64.8 Å². The smallest absolute Gasteiger partial charge is 0.355 e. The summed E-state index contributed by atoms with van der Waals surface area (Å²) in [4.78, 5) is 25.9. The normalized spacial score (nSPS) is 13.9. The lowest BCUT2D eigenvalue weighted by molar-refractivity contribution is -0.140. The Morgan fingerprint density at radius 1 is 0.929 bits per heavy atom. The van der Waals surface area contributed by atoms with Gasteiger partial charge in [-0.05, 0) is 48.5 Å². The standard InChI is InChI=1S/C20H18ClNO6/c1-25-19(23)17-11-27-12-22(18(17)20(24)26-2)14-5-9-16(10-6-14)28-15-7-3-13(21)4-8-15/h3-10H,11-12H2,1-2H3. The first-order valence-corrected chi connectivity index (χ1v) is 8.70. The van der Waals surface area contributed by atoms with Crippen LogP contribution in [0.25, 0.3) is 0 Å². The second kappa shape index (κ2) is 8.77. The summed E-state index contributed by atoms with van der Waals surface area (Å²) in [5.74, 6) is -0.0552. The summed E-state index contributed by atoms with van der Waals surface area (Å²) in [7, 11) is 2.49. The summed E-state index contributed by atoms with van der Waals surface area (Å²) >= 11 is 5.87. The van der Waals surface area contributed by atoms with Crippen LogP contribution in [0.3, 0.4) is 0 Å². The Balaban J connectivity index is 1.87. The highest BCUT2D eigenvalue weighted by Crippen LogP contribution is 2.30. The number of rotatable bonds is 5. The van der Waals surface area contributed by atoms with E-state index in [9.17, 15) is 9.59 Å². The number of halogens is 1. The van der Waals surface area contributed by atoms with Gasteiger partial charge in [-0.15, -0.1) is 0 Å². The molecule has 8 heteroatoms. The Morgan fingerprint density at radius 2 is 1.50 bits per heavy atom. The van der Waals surface area contributed by atoms with Crippen molar-refractivity contribution in [3.63, 3.8) is 0 Å². The van der Waals surface area contributed by atoms with E-state index in [-0.39, 0.29) is 24.6 Å². The third-order valence-electron chi connectivity index (χ3n) is 4.03.